The number of rotatable bonds is 6. The van der Waals surface area contributed by atoms with Gasteiger partial charge in [0.2, 0.25) is 0 Å². The number of benzene rings is 1. The van der Waals surface area contributed by atoms with Gasteiger partial charge in [-0.25, -0.2) is 9.38 Å². The summed E-state index contributed by atoms with van der Waals surface area (Å²) in [4.78, 5) is 4.77. The molecule has 1 aliphatic carbocycles. The predicted molar refractivity (Wildman–Crippen MR) is 135 cm³/mol. The van der Waals surface area contributed by atoms with E-state index in [4.69, 9.17) is 16.6 Å². The van der Waals surface area contributed by atoms with Crippen LogP contribution in [0.1, 0.15) is 63.2 Å². The van der Waals surface area contributed by atoms with Crippen LogP contribution < -0.4 is 10.6 Å². The lowest BCUT2D eigenvalue weighted by Gasteiger charge is -2.30. The zero-order valence-electron chi connectivity index (χ0n) is 18.7. The normalized spacial score (nSPS) is 15.5. The van der Waals surface area contributed by atoms with E-state index in [1.165, 1.54) is 31.4 Å². The SMILES string of the molecule is Cc1nnc(CN=C(NCC(C)(C)c2ccc(F)cc2Cl)NC2CCCCC2)n1C.I. The van der Waals surface area contributed by atoms with Gasteiger partial charge in [-0.2, -0.15) is 0 Å². The van der Waals surface area contributed by atoms with Gasteiger partial charge in [0.25, 0.3) is 0 Å². The second-order valence-electron chi connectivity index (χ2n) is 8.73. The molecule has 0 bridgehead atoms. The van der Waals surface area contributed by atoms with Gasteiger partial charge in [0.05, 0.1) is 0 Å². The molecule has 1 aromatic heterocycles. The van der Waals surface area contributed by atoms with E-state index in [9.17, 15) is 4.39 Å². The maximum Gasteiger partial charge on any atom is 0.191 e. The maximum absolute atomic E-state index is 13.5. The molecule has 2 aromatic rings. The van der Waals surface area contributed by atoms with E-state index in [-0.39, 0.29) is 35.2 Å². The summed E-state index contributed by atoms with van der Waals surface area (Å²) in [7, 11) is 1.95. The third-order valence-electron chi connectivity index (χ3n) is 5.87. The predicted octanol–water partition coefficient (Wildman–Crippen LogP) is 4.88. The number of halogens is 3. The number of nitrogens with one attached hydrogen (secondary N) is 2. The van der Waals surface area contributed by atoms with E-state index in [0.29, 0.717) is 24.2 Å². The minimum absolute atomic E-state index is 0. The van der Waals surface area contributed by atoms with Crippen LogP contribution >= 0.6 is 35.6 Å². The smallest absolute Gasteiger partial charge is 0.191 e. The molecule has 0 atom stereocenters. The highest BCUT2D eigenvalue weighted by Gasteiger charge is 2.25. The molecule has 6 nitrogen and oxygen atoms in total. The van der Waals surface area contributed by atoms with Gasteiger partial charge in [-0.1, -0.05) is 50.8 Å². The van der Waals surface area contributed by atoms with Crippen molar-refractivity contribution >= 4 is 41.5 Å². The summed E-state index contributed by atoms with van der Waals surface area (Å²) >= 11 is 6.31. The molecule has 1 saturated carbocycles. The third-order valence-corrected chi connectivity index (χ3v) is 6.18. The molecular formula is C22H33ClFIN6. The summed E-state index contributed by atoms with van der Waals surface area (Å²) in [5, 5.41) is 15.8. The number of aromatic nitrogens is 3. The molecule has 0 saturated heterocycles. The van der Waals surface area contributed by atoms with Crippen LogP contribution in [0.2, 0.25) is 5.02 Å². The fourth-order valence-corrected chi connectivity index (χ4v) is 4.19. The summed E-state index contributed by atoms with van der Waals surface area (Å²) in [6.07, 6.45) is 6.08. The van der Waals surface area contributed by atoms with Crippen LogP contribution in [0.25, 0.3) is 0 Å². The Morgan fingerprint density at radius 3 is 2.58 bits per heavy atom. The molecule has 1 heterocycles. The van der Waals surface area contributed by atoms with Gasteiger partial charge in [-0.3, -0.25) is 0 Å². The van der Waals surface area contributed by atoms with Crippen LogP contribution in [0.4, 0.5) is 4.39 Å². The van der Waals surface area contributed by atoms with E-state index in [1.54, 1.807) is 6.07 Å². The van der Waals surface area contributed by atoms with Gasteiger partial charge >= 0.3 is 0 Å². The maximum atomic E-state index is 13.5. The highest BCUT2D eigenvalue weighted by molar-refractivity contribution is 14.0. The van der Waals surface area contributed by atoms with E-state index in [2.05, 4.69) is 34.7 Å². The average molecular weight is 563 g/mol. The van der Waals surface area contributed by atoms with Crippen molar-refractivity contribution in [3.05, 3.63) is 46.3 Å². The Hall–Kier alpha value is -1.42. The number of guanidine groups is 1. The molecule has 0 radical (unpaired) electrons. The Kier molecular flexibility index (Phi) is 9.54. The molecule has 3 rings (SSSR count). The van der Waals surface area contributed by atoms with Crippen molar-refractivity contribution in [1.29, 1.82) is 0 Å². The molecule has 2 N–H and O–H groups in total. The molecule has 31 heavy (non-hydrogen) atoms. The number of hydrogen-bond acceptors (Lipinski definition) is 3. The van der Waals surface area contributed by atoms with Crippen LogP contribution in [0.3, 0.4) is 0 Å². The van der Waals surface area contributed by atoms with Gasteiger partial charge in [0.1, 0.15) is 18.2 Å². The van der Waals surface area contributed by atoms with Gasteiger partial charge in [0.15, 0.2) is 11.8 Å². The Bertz CT molecular complexity index is 892. The number of hydrogen-bond donors (Lipinski definition) is 2. The first-order valence-electron chi connectivity index (χ1n) is 10.6. The molecule has 172 valence electrons. The van der Waals surface area contributed by atoms with E-state index < -0.39 is 0 Å². The summed E-state index contributed by atoms with van der Waals surface area (Å²) in [5.74, 6) is 2.11. The van der Waals surface area contributed by atoms with Crippen molar-refractivity contribution in [1.82, 2.24) is 25.4 Å². The second-order valence-corrected chi connectivity index (χ2v) is 9.14. The molecule has 1 aliphatic rings. The van der Waals surface area contributed by atoms with Gasteiger partial charge in [-0.15, -0.1) is 34.2 Å². The second kappa shape index (κ2) is 11.4. The van der Waals surface area contributed by atoms with Crippen LogP contribution in [0.5, 0.6) is 0 Å². The van der Waals surface area contributed by atoms with Crippen molar-refractivity contribution in [2.45, 2.75) is 70.9 Å². The molecule has 1 fully saturated rings. The first kappa shape index (κ1) is 25.8. The number of nitrogens with zero attached hydrogens (tertiary/aromatic N) is 4. The fourth-order valence-electron chi connectivity index (χ4n) is 3.77. The van der Waals surface area contributed by atoms with Gasteiger partial charge in [-0.05, 0) is 37.5 Å². The summed E-state index contributed by atoms with van der Waals surface area (Å²) < 4.78 is 15.4. The van der Waals surface area contributed by atoms with Crippen molar-refractivity contribution in [2.75, 3.05) is 6.54 Å². The van der Waals surface area contributed by atoms with E-state index in [1.807, 2.05) is 18.5 Å². The average Bonchev–Trinajstić information content (AvgIpc) is 3.02. The Balaban J connectivity index is 0.00000341. The lowest BCUT2D eigenvalue weighted by molar-refractivity contribution is 0.407. The van der Waals surface area contributed by atoms with Gasteiger partial charge in [0, 0.05) is 30.1 Å². The Labute approximate surface area is 206 Å². The molecular weight excluding hydrogens is 530 g/mol. The summed E-state index contributed by atoms with van der Waals surface area (Å²) in [5.41, 5.74) is 0.597. The zero-order valence-corrected chi connectivity index (χ0v) is 21.8. The first-order chi connectivity index (χ1) is 14.3. The van der Waals surface area contributed by atoms with Crippen molar-refractivity contribution in [3.63, 3.8) is 0 Å². The minimum atomic E-state index is -0.326. The molecule has 0 unspecified atom stereocenters. The molecule has 1 aromatic carbocycles. The molecule has 0 amide bonds. The standard InChI is InChI=1S/C22H32ClFN6.HI/c1-15-28-29-20(30(15)4)13-25-21(27-17-8-6-5-7-9-17)26-14-22(2,3)18-11-10-16(24)12-19(18)23;/h10-12,17H,5-9,13-14H2,1-4H3,(H2,25,26,27);1H. The highest BCUT2D eigenvalue weighted by atomic mass is 127. The Morgan fingerprint density at radius 1 is 1.26 bits per heavy atom. The lowest BCUT2D eigenvalue weighted by atomic mass is 9.84. The lowest BCUT2D eigenvalue weighted by Crippen LogP contribution is -2.47. The zero-order chi connectivity index (χ0) is 21.7. The largest absolute Gasteiger partial charge is 0.356 e. The Morgan fingerprint density at radius 2 is 1.97 bits per heavy atom. The summed E-state index contributed by atoms with van der Waals surface area (Å²) in [6, 6.07) is 5.00. The van der Waals surface area contributed by atoms with Crippen LogP contribution in [0.15, 0.2) is 23.2 Å². The molecule has 0 aliphatic heterocycles. The van der Waals surface area contributed by atoms with E-state index in [0.717, 1.165) is 36.0 Å². The topological polar surface area (TPSA) is 67.1 Å². The minimum Gasteiger partial charge on any atom is -0.356 e. The van der Waals surface area contributed by atoms with Crippen molar-refractivity contribution < 1.29 is 4.39 Å². The van der Waals surface area contributed by atoms with Crippen molar-refractivity contribution in [3.8, 4) is 0 Å². The number of aryl methyl sites for hydroxylation is 1. The third kappa shape index (κ3) is 7.03. The van der Waals surface area contributed by atoms with Crippen LogP contribution in [-0.4, -0.2) is 33.3 Å². The molecule has 9 heteroatoms. The monoisotopic (exact) mass is 562 g/mol. The van der Waals surface area contributed by atoms with Crippen LogP contribution in [0, 0.1) is 12.7 Å². The first-order valence-corrected chi connectivity index (χ1v) is 11.0. The molecule has 0 spiro atoms. The van der Waals surface area contributed by atoms with E-state index >= 15 is 0 Å². The van der Waals surface area contributed by atoms with Crippen molar-refractivity contribution in [2.24, 2.45) is 12.0 Å². The van der Waals surface area contributed by atoms with Crippen LogP contribution in [-0.2, 0) is 19.0 Å². The number of aliphatic imine (C=N–C) groups is 1. The quantitative estimate of drug-likeness (QED) is 0.299. The summed E-state index contributed by atoms with van der Waals surface area (Å²) in [6.45, 7) is 7.15. The van der Waals surface area contributed by atoms with Gasteiger partial charge < -0.3 is 15.2 Å². The fraction of sp³-hybridized carbons (Fsp3) is 0.591. The highest BCUT2D eigenvalue weighted by Crippen LogP contribution is 2.30.